The number of anilines is 1. The number of H-pyrrole nitrogens is 1. The highest BCUT2D eigenvalue weighted by Crippen LogP contribution is 2.29. The molecule has 1 aromatic heterocycles. The number of nitrogens with zero attached hydrogens (tertiary/aromatic N) is 1. The zero-order valence-electron chi connectivity index (χ0n) is 10.9. The number of fused-ring (bicyclic) bond motifs is 1. The summed E-state index contributed by atoms with van der Waals surface area (Å²) in [5.74, 6) is 0. The largest absolute Gasteiger partial charge is 0.399 e. The summed E-state index contributed by atoms with van der Waals surface area (Å²) in [4.78, 5) is 9.01. The van der Waals surface area contributed by atoms with E-state index in [1.807, 2.05) is 25.1 Å². The highest BCUT2D eigenvalue weighted by Gasteiger charge is 2.05. The van der Waals surface area contributed by atoms with Crippen molar-refractivity contribution in [1.82, 2.24) is 9.97 Å². The van der Waals surface area contributed by atoms with E-state index in [2.05, 4.69) is 35.1 Å². The predicted octanol–water partition coefficient (Wildman–Crippen LogP) is 3.91. The number of imidazole rings is 1. The van der Waals surface area contributed by atoms with Crippen LogP contribution >= 0.6 is 11.8 Å². The van der Waals surface area contributed by atoms with Crippen LogP contribution < -0.4 is 5.73 Å². The fourth-order valence-electron chi connectivity index (χ4n) is 2.10. The van der Waals surface area contributed by atoms with Crippen LogP contribution in [-0.4, -0.2) is 9.97 Å². The smallest absolute Gasteiger partial charge is 0.171 e. The molecule has 3 N–H and O–H groups in total. The van der Waals surface area contributed by atoms with Gasteiger partial charge in [-0.05, 0) is 55.3 Å². The van der Waals surface area contributed by atoms with E-state index in [1.165, 1.54) is 5.56 Å². The Balaban J connectivity index is 1.96. The van der Waals surface area contributed by atoms with Gasteiger partial charge in [0, 0.05) is 10.6 Å². The van der Waals surface area contributed by atoms with E-state index in [9.17, 15) is 0 Å². The number of benzene rings is 2. The second kappa shape index (κ2) is 4.63. The SMILES string of the molecule is Cc1cc(N)cc(Sc2nc3ccc(C)cc3[nH]2)c1. The maximum atomic E-state index is 5.86. The first-order valence-electron chi connectivity index (χ1n) is 6.11. The summed E-state index contributed by atoms with van der Waals surface area (Å²) in [5.41, 5.74) is 11.1. The number of aromatic amines is 1. The second-order valence-electron chi connectivity index (χ2n) is 4.74. The van der Waals surface area contributed by atoms with Crippen LogP contribution in [0, 0.1) is 13.8 Å². The van der Waals surface area contributed by atoms with E-state index >= 15 is 0 Å². The number of hydrogen-bond donors (Lipinski definition) is 2. The van der Waals surface area contributed by atoms with E-state index in [4.69, 9.17) is 5.73 Å². The molecule has 0 spiro atoms. The maximum Gasteiger partial charge on any atom is 0.171 e. The fraction of sp³-hybridized carbons (Fsp3) is 0.133. The molecule has 3 aromatic rings. The Morgan fingerprint density at radius 3 is 2.68 bits per heavy atom. The zero-order valence-corrected chi connectivity index (χ0v) is 11.7. The highest BCUT2D eigenvalue weighted by atomic mass is 32.2. The molecule has 1 heterocycles. The van der Waals surface area contributed by atoms with Crippen molar-refractivity contribution >= 4 is 28.5 Å². The van der Waals surface area contributed by atoms with Crippen LogP contribution in [0.2, 0.25) is 0 Å². The lowest BCUT2D eigenvalue weighted by Crippen LogP contribution is -1.86. The van der Waals surface area contributed by atoms with Gasteiger partial charge in [-0.2, -0.15) is 0 Å². The van der Waals surface area contributed by atoms with Gasteiger partial charge in [0.15, 0.2) is 5.16 Å². The summed E-state index contributed by atoms with van der Waals surface area (Å²) < 4.78 is 0. The fourth-order valence-corrected chi connectivity index (χ4v) is 3.06. The second-order valence-corrected chi connectivity index (χ2v) is 5.81. The van der Waals surface area contributed by atoms with Gasteiger partial charge in [-0.3, -0.25) is 0 Å². The molecule has 0 saturated heterocycles. The normalized spacial score (nSPS) is 11.1. The molecular weight excluding hydrogens is 254 g/mol. The Morgan fingerprint density at radius 1 is 1.05 bits per heavy atom. The van der Waals surface area contributed by atoms with Crippen LogP contribution in [0.1, 0.15) is 11.1 Å². The molecule has 96 valence electrons. The van der Waals surface area contributed by atoms with Crippen LogP contribution in [0.5, 0.6) is 0 Å². The molecule has 0 amide bonds. The van der Waals surface area contributed by atoms with E-state index in [1.54, 1.807) is 11.8 Å². The summed E-state index contributed by atoms with van der Waals surface area (Å²) >= 11 is 1.60. The molecule has 2 aromatic carbocycles. The van der Waals surface area contributed by atoms with Gasteiger partial charge in [-0.1, -0.05) is 17.8 Å². The molecule has 0 aliphatic carbocycles. The molecule has 0 radical (unpaired) electrons. The third-order valence-electron chi connectivity index (χ3n) is 2.90. The molecule has 0 atom stereocenters. The summed E-state index contributed by atoms with van der Waals surface area (Å²) in [5, 5.41) is 0.894. The average molecular weight is 269 g/mol. The Hall–Kier alpha value is -1.94. The van der Waals surface area contributed by atoms with Crippen LogP contribution in [0.3, 0.4) is 0 Å². The van der Waals surface area contributed by atoms with Gasteiger partial charge in [0.05, 0.1) is 11.0 Å². The minimum atomic E-state index is 0.787. The van der Waals surface area contributed by atoms with E-state index < -0.39 is 0 Å². The summed E-state index contributed by atoms with van der Waals surface area (Å²) in [6, 6.07) is 12.3. The van der Waals surface area contributed by atoms with Crippen LogP contribution in [-0.2, 0) is 0 Å². The van der Waals surface area contributed by atoms with Gasteiger partial charge in [-0.15, -0.1) is 0 Å². The molecular formula is C15H15N3S. The molecule has 3 rings (SSSR count). The molecule has 3 nitrogen and oxygen atoms in total. The lowest BCUT2D eigenvalue weighted by Gasteiger charge is -2.02. The van der Waals surface area contributed by atoms with Crippen molar-refractivity contribution in [2.45, 2.75) is 23.9 Å². The Labute approximate surface area is 116 Å². The number of aromatic nitrogens is 2. The lowest BCUT2D eigenvalue weighted by atomic mass is 10.2. The van der Waals surface area contributed by atoms with Crippen molar-refractivity contribution in [1.29, 1.82) is 0 Å². The highest BCUT2D eigenvalue weighted by molar-refractivity contribution is 7.99. The minimum Gasteiger partial charge on any atom is -0.399 e. The molecule has 0 aliphatic rings. The van der Waals surface area contributed by atoms with Gasteiger partial charge in [0.25, 0.3) is 0 Å². The maximum absolute atomic E-state index is 5.86. The van der Waals surface area contributed by atoms with Crippen molar-refractivity contribution in [3.05, 3.63) is 47.5 Å². The van der Waals surface area contributed by atoms with Crippen molar-refractivity contribution in [3.63, 3.8) is 0 Å². The van der Waals surface area contributed by atoms with Gasteiger partial charge < -0.3 is 10.7 Å². The summed E-state index contributed by atoms with van der Waals surface area (Å²) in [7, 11) is 0. The van der Waals surface area contributed by atoms with Crippen LogP contribution in [0.15, 0.2) is 46.5 Å². The van der Waals surface area contributed by atoms with Crippen molar-refractivity contribution in [3.8, 4) is 0 Å². The molecule has 4 heteroatoms. The molecule has 0 saturated carbocycles. The number of aryl methyl sites for hydroxylation is 2. The molecule has 0 aliphatic heterocycles. The van der Waals surface area contributed by atoms with Gasteiger partial charge in [0.2, 0.25) is 0 Å². The number of hydrogen-bond acceptors (Lipinski definition) is 3. The third-order valence-corrected chi connectivity index (χ3v) is 3.76. The monoisotopic (exact) mass is 269 g/mol. The molecule has 0 bridgehead atoms. The number of nitrogen functional groups attached to an aromatic ring is 1. The van der Waals surface area contributed by atoms with Crippen LogP contribution in [0.25, 0.3) is 11.0 Å². The summed E-state index contributed by atoms with van der Waals surface area (Å²) in [6.07, 6.45) is 0. The van der Waals surface area contributed by atoms with Gasteiger partial charge in [-0.25, -0.2) is 4.98 Å². The lowest BCUT2D eigenvalue weighted by molar-refractivity contribution is 1.08. The topological polar surface area (TPSA) is 54.7 Å². The first kappa shape index (κ1) is 12.1. The van der Waals surface area contributed by atoms with E-state index in [0.29, 0.717) is 0 Å². The zero-order chi connectivity index (χ0) is 13.4. The van der Waals surface area contributed by atoms with Crippen molar-refractivity contribution in [2.24, 2.45) is 0 Å². The predicted molar refractivity (Wildman–Crippen MR) is 80.5 cm³/mol. The molecule has 19 heavy (non-hydrogen) atoms. The Morgan fingerprint density at radius 2 is 1.89 bits per heavy atom. The number of nitrogens with two attached hydrogens (primary N) is 1. The quantitative estimate of drug-likeness (QED) is 0.693. The number of nitrogens with one attached hydrogen (secondary N) is 1. The summed E-state index contributed by atoms with van der Waals surface area (Å²) in [6.45, 7) is 4.12. The Kier molecular flexibility index (Phi) is 2.95. The van der Waals surface area contributed by atoms with Crippen LogP contribution in [0.4, 0.5) is 5.69 Å². The first-order chi connectivity index (χ1) is 9.10. The average Bonchev–Trinajstić information content (AvgIpc) is 2.68. The van der Waals surface area contributed by atoms with Gasteiger partial charge >= 0.3 is 0 Å². The van der Waals surface area contributed by atoms with E-state index in [-0.39, 0.29) is 0 Å². The first-order valence-corrected chi connectivity index (χ1v) is 6.93. The third kappa shape index (κ3) is 2.58. The van der Waals surface area contributed by atoms with Crippen molar-refractivity contribution < 1.29 is 0 Å². The standard InChI is InChI=1S/C15H15N3S/c1-9-3-4-13-14(7-9)18-15(17-13)19-12-6-10(2)5-11(16)8-12/h3-8H,16H2,1-2H3,(H,17,18). The molecule has 0 fully saturated rings. The van der Waals surface area contributed by atoms with Gasteiger partial charge in [0.1, 0.15) is 0 Å². The van der Waals surface area contributed by atoms with Crippen molar-refractivity contribution in [2.75, 3.05) is 5.73 Å². The van der Waals surface area contributed by atoms with E-state index in [0.717, 1.165) is 32.3 Å². The minimum absolute atomic E-state index is 0.787. The number of rotatable bonds is 2. The Bertz CT molecular complexity index is 726. The molecule has 0 unspecified atom stereocenters.